The minimum atomic E-state index is -0.162. The number of benzene rings is 1. The highest BCUT2D eigenvalue weighted by molar-refractivity contribution is 6.05. The van der Waals surface area contributed by atoms with E-state index in [2.05, 4.69) is 21.3 Å². The van der Waals surface area contributed by atoms with Crippen LogP contribution in [0.15, 0.2) is 48.7 Å². The van der Waals surface area contributed by atoms with Gasteiger partial charge in [-0.25, -0.2) is 4.98 Å². The summed E-state index contributed by atoms with van der Waals surface area (Å²) in [4.78, 5) is 19.8. The molecule has 2 fully saturated rings. The van der Waals surface area contributed by atoms with Crippen LogP contribution >= 0.6 is 0 Å². The number of piperidine rings is 1. The molecule has 1 aliphatic carbocycles. The van der Waals surface area contributed by atoms with Gasteiger partial charge in [0.15, 0.2) is 0 Å². The number of rotatable bonds is 3. The van der Waals surface area contributed by atoms with E-state index in [1.807, 2.05) is 47.7 Å². The molecule has 2 aromatic heterocycles. The molecule has 1 aromatic carbocycles. The lowest BCUT2D eigenvalue weighted by Gasteiger charge is -2.30. The zero-order valence-corrected chi connectivity index (χ0v) is 14.9. The van der Waals surface area contributed by atoms with Gasteiger partial charge in [0.2, 0.25) is 0 Å². The average molecular weight is 346 g/mol. The Balaban J connectivity index is 1.44. The number of pyridine rings is 1. The first-order valence-electron chi connectivity index (χ1n) is 9.31. The predicted octanol–water partition coefficient (Wildman–Crippen LogP) is 3.88. The number of carbonyl (C=O) groups excluding carboxylic acids is 1. The first-order chi connectivity index (χ1) is 12.7. The summed E-state index contributed by atoms with van der Waals surface area (Å²) in [6.07, 6.45) is 5.70. The van der Waals surface area contributed by atoms with E-state index < -0.39 is 0 Å². The summed E-state index contributed by atoms with van der Waals surface area (Å²) in [7, 11) is 0. The molecule has 3 aromatic rings. The average Bonchev–Trinajstić information content (AvgIpc) is 3.37. The van der Waals surface area contributed by atoms with E-state index in [1.54, 1.807) is 6.20 Å². The Labute approximate surface area is 152 Å². The van der Waals surface area contributed by atoms with Crippen molar-refractivity contribution in [1.82, 2.24) is 9.38 Å². The number of hydrogen-bond acceptors (Lipinski definition) is 3. The Morgan fingerprint density at radius 2 is 2.04 bits per heavy atom. The second-order valence-electron chi connectivity index (χ2n) is 7.48. The zero-order valence-electron chi connectivity index (χ0n) is 14.9. The molecule has 5 rings (SSSR count). The number of hydrogen-bond donors (Lipinski definition) is 1. The Morgan fingerprint density at radius 1 is 1.15 bits per heavy atom. The SMILES string of the molecule is Cc1cccc2nc(C(=O)Nc3ccccc3N3C[C@H]4CC[C@H]3C4)cn12. The van der Waals surface area contributed by atoms with Crippen LogP contribution < -0.4 is 10.2 Å². The van der Waals surface area contributed by atoms with Crippen molar-refractivity contribution >= 4 is 22.9 Å². The van der Waals surface area contributed by atoms with Crippen molar-refractivity contribution < 1.29 is 4.79 Å². The van der Waals surface area contributed by atoms with Crippen molar-refractivity contribution in [1.29, 1.82) is 0 Å². The van der Waals surface area contributed by atoms with Gasteiger partial charge in [0.05, 0.1) is 11.4 Å². The van der Waals surface area contributed by atoms with E-state index >= 15 is 0 Å². The quantitative estimate of drug-likeness (QED) is 0.783. The van der Waals surface area contributed by atoms with Crippen LogP contribution in [0.3, 0.4) is 0 Å². The lowest BCUT2D eigenvalue weighted by atomic mass is 10.1. The van der Waals surface area contributed by atoms with E-state index in [0.29, 0.717) is 11.7 Å². The van der Waals surface area contributed by atoms with Crippen LogP contribution in [0.1, 0.15) is 35.4 Å². The molecule has 2 atom stereocenters. The molecule has 2 aliphatic rings. The molecule has 3 heterocycles. The van der Waals surface area contributed by atoms with E-state index in [0.717, 1.165) is 35.2 Å². The standard InChI is InChI=1S/C21H22N4O/c1-14-5-4-8-20-22-18(13-24(14)20)21(26)23-17-6-2-3-7-19(17)25-12-15-9-10-16(25)11-15/h2-8,13,15-16H,9-12H2,1H3,(H,23,26)/t15-,16-/m0/s1. The molecule has 0 spiro atoms. The van der Waals surface area contributed by atoms with Crippen LogP contribution in [0.25, 0.3) is 5.65 Å². The third-order valence-electron chi connectivity index (χ3n) is 5.80. The fourth-order valence-corrected chi connectivity index (χ4v) is 4.49. The summed E-state index contributed by atoms with van der Waals surface area (Å²) in [5, 5.41) is 3.09. The Kier molecular flexibility index (Phi) is 3.48. The molecule has 1 saturated heterocycles. The summed E-state index contributed by atoms with van der Waals surface area (Å²) >= 11 is 0. The van der Waals surface area contributed by atoms with Crippen LogP contribution in [-0.2, 0) is 0 Å². The van der Waals surface area contributed by atoms with Crippen molar-refractivity contribution in [2.45, 2.75) is 32.2 Å². The highest BCUT2D eigenvalue weighted by Gasteiger charge is 2.38. The molecular weight excluding hydrogens is 324 g/mol. The van der Waals surface area contributed by atoms with Gasteiger partial charge in [-0.2, -0.15) is 0 Å². The van der Waals surface area contributed by atoms with Gasteiger partial charge < -0.3 is 14.6 Å². The molecule has 1 amide bonds. The Morgan fingerprint density at radius 3 is 2.81 bits per heavy atom. The van der Waals surface area contributed by atoms with Gasteiger partial charge in [0.1, 0.15) is 11.3 Å². The van der Waals surface area contributed by atoms with Gasteiger partial charge in [-0.3, -0.25) is 4.79 Å². The molecule has 1 saturated carbocycles. The number of anilines is 2. The van der Waals surface area contributed by atoms with Crippen molar-refractivity contribution in [2.24, 2.45) is 5.92 Å². The molecule has 5 nitrogen and oxygen atoms in total. The number of nitrogens with zero attached hydrogens (tertiary/aromatic N) is 3. The maximum Gasteiger partial charge on any atom is 0.275 e. The minimum absolute atomic E-state index is 0.162. The summed E-state index contributed by atoms with van der Waals surface area (Å²) in [5.41, 5.74) is 4.30. The topological polar surface area (TPSA) is 49.6 Å². The molecule has 1 N–H and O–H groups in total. The second kappa shape index (κ2) is 5.87. The van der Waals surface area contributed by atoms with Crippen LogP contribution in [0.4, 0.5) is 11.4 Å². The summed E-state index contributed by atoms with van der Waals surface area (Å²) in [6, 6.07) is 14.6. The third kappa shape index (κ3) is 2.46. The van der Waals surface area contributed by atoms with Crippen LogP contribution in [0.5, 0.6) is 0 Å². The Hall–Kier alpha value is -2.82. The summed E-state index contributed by atoms with van der Waals surface area (Å²) in [5.74, 6) is 0.648. The molecule has 0 radical (unpaired) electrons. The number of imidazole rings is 1. The number of amides is 1. The highest BCUT2D eigenvalue weighted by atomic mass is 16.1. The number of carbonyl (C=O) groups is 1. The van der Waals surface area contributed by atoms with Crippen LogP contribution in [0, 0.1) is 12.8 Å². The number of para-hydroxylation sites is 2. The fraction of sp³-hybridized carbons (Fsp3) is 0.333. The Bertz CT molecular complexity index is 993. The molecule has 2 bridgehead atoms. The van der Waals surface area contributed by atoms with Gasteiger partial charge in [0, 0.05) is 24.5 Å². The van der Waals surface area contributed by atoms with E-state index in [1.165, 1.54) is 19.3 Å². The lowest BCUT2D eigenvalue weighted by molar-refractivity contribution is 0.102. The van der Waals surface area contributed by atoms with Crippen molar-refractivity contribution in [3.05, 3.63) is 60.0 Å². The van der Waals surface area contributed by atoms with Crippen LogP contribution in [-0.4, -0.2) is 27.9 Å². The number of aryl methyl sites for hydroxylation is 1. The molecule has 26 heavy (non-hydrogen) atoms. The summed E-state index contributed by atoms with van der Waals surface area (Å²) in [6.45, 7) is 3.11. The number of nitrogens with one attached hydrogen (secondary N) is 1. The maximum atomic E-state index is 12.8. The first kappa shape index (κ1) is 15.4. The second-order valence-corrected chi connectivity index (χ2v) is 7.48. The zero-order chi connectivity index (χ0) is 17.7. The fourth-order valence-electron chi connectivity index (χ4n) is 4.49. The van der Waals surface area contributed by atoms with Gasteiger partial charge in [-0.1, -0.05) is 18.2 Å². The smallest absolute Gasteiger partial charge is 0.275 e. The number of aromatic nitrogens is 2. The van der Waals surface area contributed by atoms with Crippen molar-refractivity contribution in [3.63, 3.8) is 0 Å². The lowest BCUT2D eigenvalue weighted by Crippen LogP contribution is -2.32. The van der Waals surface area contributed by atoms with Gasteiger partial charge in [0.25, 0.3) is 5.91 Å². The van der Waals surface area contributed by atoms with Gasteiger partial charge >= 0.3 is 0 Å². The minimum Gasteiger partial charge on any atom is -0.367 e. The van der Waals surface area contributed by atoms with Crippen molar-refractivity contribution in [3.8, 4) is 0 Å². The van der Waals surface area contributed by atoms with E-state index in [-0.39, 0.29) is 5.91 Å². The van der Waals surface area contributed by atoms with Crippen molar-refractivity contribution in [2.75, 3.05) is 16.8 Å². The van der Waals surface area contributed by atoms with Gasteiger partial charge in [-0.15, -0.1) is 0 Å². The van der Waals surface area contributed by atoms with E-state index in [9.17, 15) is 4.79 Å². The normalized spacial score (nSPS) is 21.5. The monoisotopic (exact) mass is 346 g/mol. The highest BCUT2D eigenvalue weighted by Crippen LogP contribution is 2.42. The van der Waals surface area contributed by atoms with E-state index in [4.69, 9.17) is 0 Å². The first-order valence-corrected chi connectivity index (χ1v) is 9.31. The molecule has 132 valence electrons. The van der Waals surface area contributed by atoms with Crippen LogP contribution in [0.2, 0.25) is 0 Å². The molecular formula is C21H22N4O. The predicted molar refractivity (Wildman–Crippen MR) is 103 cm³/mol. The van der Waals surface area contributed by atoms with Gasteiger partial charge in [-0.05, 0) is 56.4 Å². The molecule has 1 aliphatic heterocycles. The maximum absolute atomic E-state index is 12.8. The molecule has 5 heteroatoms. The third-order valence-corrected chi connectivity index (χ3v) is 5.80. The number of fused-ring (bicyclic) bond motifs is 3. The largest absolute Gasteiger partial charge is 0.367 e. The summed E-state index contributed by atoms with van der Waals surface area (Å²) < 4.78 is 1.94. The molecule has 0 unspecified atom stereocenters.